The van der Waals surface area contributed by atoms with Gasteiger partial charge in [-0.15, -0.1) is 0 Å². The highest BCUT2D eigenvalue weighted by Crippen LogP contribution is 2.23. The summed E-state index contributed by atoms with van der Waals surface area (Å²) < 4.78 is 11.4. The summed E-state index contributed by atoms with van der Waals surface area (Å²) in [6.07, 6.45) is 2.67. The summed E-state index contributed by atoms with van der Waals surface area (Å²) in [6.45, 7) is 10.7. The van der Waals surface area contributed by atoms with Gasteiger partial charge in [0, 0.05) is 52.5 Å². The maximum absolute atomic E-state index is 5.37. The van der Waals surface area contributed by atoms with Crippen molar-refractivity contribution in [2.45, 2.75) is 20.3 Å². The molecule has 1 saturated heterocycles. The smallest absolute Gasteiger partial charge is 0.232 e. The summed E-state index contributed by atoms with van der Waals surface area (Å²) in [5, 5.41) is 3.38. The predicted octanol–water partition coefficient (Wildman–Crippen LogP) is 1.76. The molecule has 2 rings (SSSR count). The van der Waals surface area contributed by atoms with Crippen LogP contribution in [0.25, 0.3) is 0 Å². The van der Waals surface area contributed by atoms with E-state index in [0.29, 0.717) is 11.8 Å². The Labute approximate surface area is 164 Å². The fourth-order valence-electron chi connectivity index (χ4n) is 2.68. The van der Waals surface area contributed by atoms with Gasteiger partial charge in [0.1, 0.15) is 0 Å². The van der Waals surface area contributed by atoms with Crippen molar-refractivity contribution in [2.24, 2.45) is 4.99 Å². The van der Waals surface area contributed by atoms with Crippen LogP contribution in [0.15, 0.2) is 15.7 Å². The van der Waals surface area contributed by atoms with E-state index >= 15 is 0 Å². The molecule has 1 aromatic heterocycles. The zero-order chi connectivity index (χ0) is 18.8. The van der Waals surface area contributed by atoms with Crippen LogP contribution in [0.2, 0.25) is 0 Å². The number of piperazine rings is 1. The summed E-state index contributed by atoms with van der Waals surface area (Å²) in [6, 6.07) is 0. The van der Waals surface area contributed by atoms with Crippen molar-refractivity contribution in [1.29, 1.82) is 0 Å². The monoisotopic (exact) mass is 428 g/mol. The number of anilines is 1. The molecule has 0 saturated carbocycles. The lowest BCUT2D eigenvalue weighted by molar-refractivity contribution is 0.146. The van der Waals surface area contributed by atoms with E-state index in [9.17, 15) is 0 Å². The second-order valence-electron chi connectivity index (χ2n) is 5.79. The van der Waals surface area contributed by atoms with Crippen LogP contribution in [0.4, 0.5) is 5.95 Å². The third-order valence-electron chi connectivity index (χ3n) is 4.00. The number of guanidine groups is 1. The second-order valence-corrected chi connectivity index (χ2v) is 6.64. The number of aromatic nitrogens is 2. The van der Waals surface area contributed by atoms with E-state index in [0.717, 1.165) is 69.3 Å². The van der Waals surface area contributed by atoms with E-state index < -0.39 is 0 Å². The highest BCUT2D eigenvalue weighted by atomic mass is 79.9. The number of nitrogens with one attached hydrogen (secondary N) is 1. The first-order valence-corrected chi connectivity index (χ1v) is 9.91. The van der Waals surface area contributed by atoms with Gasteiger partial charge in [0.05, 0.1) is 17.8 Å². The normalized spacial score (nSPS) is 15.3. The second kappa shape index (κ2) is 11.2. The molecule has 1 N–H and O–H groups in total. The average molecular weight is 429 g/mol. The molecular formula is C17H29BrN6O2. The van der Waals surface area contributed by atoms with E-state index in [1.165, 1.54) is 0 Å². The van der Waals surface area contributed by atoms with Gasteiger partial charge < -0.3 is 24.6 Å². The predicted molar refractivity (Wildman–Crippen MR) is 107 cm³/mol. The average Bonchev–Trinajstić information content (AvgIpc) is 2.67. The quantitative estimate of drug-likeness (QED) is 0.384. The van der Waals surface area contributed by atoms with E-state index in [1.54, 1.807) is 13.3 Å². The molecule has 1 aromatic rings. The van der Waals surface area contributed by atoms with Crippen molar-refractivity contribution in [1.82, 2.24) is 20.2 Å². The fourth-order valence-corrected chi connectivity index (χ4v) is 3.03. The third-order valence-corrected chi connectivity index (χ3v) is 4.55. The van der Waals surface area contributed by atoms with Crippen LogP contribution >= 0.6 is 15.9 Å². The largest absolute Gasteiger partial charge is 0.480 e. The molecular weight excluding hydrogens is 400 g/mol. The van der Waals surface area contributed by atoms with Crippen LogP contribution in [-0.4, -0.2) is 80.4 Å². The van der Waals surface area contributed by atoms with Crippen molar-refractivity contribution in [3.63, 3.8) is 0 Å². The van der Waals surface area contributed by atoms with Gasteiger partial charge in [-0.2, -0.15) is 4.98 Å². The van der Waals surface area contributed by atoms with Gasteiger partial charge >= 0.3 is 0 Å². The number of methoxy groups -OCH3 is 1. The lowest BCUT2D eigenvalue weighted by atomic mass is 10.3. The number of aliphatic imine (C=N–C) groups is 1. The van der Waals surface area contributed by atoms with Gasteiger partial charge in [-0.25, -0.2) is 4.98 Å². The van der Waals surface area contributed by atoms with E-state index in [2.05, 4.69) is 47.9 Å². The van der Waals surface area contributed by atoms with Crippen LogP contribution in [0, 0.1) is 0 Å². The van der Waals surface area contributed by atoms with Crippen molar-refractivity contribution in [3.8, 4) is 5.88 Å². The van der Waals surface area contributed by atoms with Crippen molar-refractivity contribution >= 4 is 27.8 Å². The molecule has 0 bridgehead atoms. The Bertz CT molecular complexity index is 578. The molecule has 26 heavy (non-hydrogen) atoms. The zero-order valence-corrected chi connectivity index (χ0v) is 17.5. The standard InChI is InChI=1S/C17H29BrN6O2/c1-4-19-16(20-7-6-12-26-5-2)23-8-10-24(11-9-23)17-21-13-14(18)15(22-17)25-3/h13H,4-12H2,1-3H3,(H,19,20). The molecule has 2 heterocycles. The number of ether oxygens (including phenoxy) is 2. The number of rotatable bonds is 8. The molecule has 9 heteroatoms. The lowest BCUT2D eigenvalue weighted by Crippen LogP contribution is -2.53. The molecule has 146 valence electrons. The van der Waals surface area contributed by atoms with Gasteiger partial charge in [0.25, 0.3) is 0 Å². The van der Waals surface area contributed by atoms with Gasteiger partial charge in [-0.05, 0) is 36.2 Å². The Kier molecular flexibility index (Phi) is 8.90. The van der Waals surface area contributed by atoms with Gasteiger partial charge in [-0.3, -0.25) is 4.99 Å². The van der Waals surface area contributed by atoms with Crippen molar-refractivity contribution < 1.29 is 9.47 Å². The fraction of sp³-hybridized carbons (Fsp3) is 0.706. The van der Waals surface area contributed by atoms with Crippen LogP contribution < -0.4 is 15.0 Å². The topological polar surface area (TPSA) is 75.1 Å². The summed E-state index contributed by atoms with van der Waals surface area (Å²) >= 11 is 3.39. The number of hydrogen-bond acceptors (Lipinski definition) is 6. The van der Waals surface area contributed by atoms with E-state index in [-0.39, 0.29) is 0 Å². The van der Waals surface area contributed by atoms with Crippen LogP contribution in [-0.2, 0) is 4.74 Å². The first-order valence-electron chi connectivity index (χ1n) is 9.12. The Balaban J connectivity index is 1.91. The molecule has 0 aromatic carbocycles. The molecule has 1 aliphatic heterocycles. The molecule has 0 aliphatic carbocycles. The molecule has 8 nitrogen and oxygen atoms in total. The van der Waals surface area contributed by atoms with Crippen molar-refractivity contribution in [2.75, 3.05) is 64.5 Å². The minimum Gasteiger partial charge on any atom is -0.480 e. The Morgan fingerprint density at radius 3 is 2.73 bits per heavy atom. The molecule has 0 unspecified atom stereocenters. The molecule has 0 spiro atoms. The number of hydrogen-bond donors (Lipinski definition) is 1. The highest BCUT2D eigenvalue weighted by Gasteiger charge is 2.22. The number of nitrogens with zero attached hydrogens (tertiary/aromatic N) is 5. The van der Waals surface area contributed by atoms with Crippen LogP contribution in [0.1, 0.15) is 20.3 Å². The minimum absolute atomic E-state index is 0.557. The van der Waals surface area contributed by atoms with Crippen LogP contribution in [0.3, 0.4) is 0 Å². The van der Waals surface area contributed by atoms with Crippen LogP contribution in [0.5, 0.6) is 5.88 Å². The van der Waals surface area contributed by atoms with Gasteiger partial charge in [0.2, 0.25) is 11.8 Å². The molecule has 0 amide bonds. The van der Waals surface area contributed by atoms with E-state index in [1.807, 2.05) is 6.92 Å². The van der Waals surface area contributed by atoms with Gasteiger partial charge in [0.15, 0.2) is 5.96 Å². The minimum atomic E-state index is 0.557. The summed E-state index contributed by atoms with van der Waals surface area (Å²) in [7, 11) is 1.61. The summed E-state index contributed by atoms with van der Waals surface area (Å²) in [5.41, 5.74) is 0. The lowest BCUT2D eigenvalue weighted by Gasteiger charge is -2.36. The van der Waals surface area contributed by atoms with Crippen molar-refractivity contribution in [3.05, 3.63) is 10.7 Å². The first-order chi connectivity index (χ1) is 12.7. The maximum atomic E-state index is 5.37. The first kappa shape index (κ1) is 20.7. The maximum Gasteiger partial charge on any atom is 0.232 e. The Hall–Kier alpha value is -1.61. The highest BCUT2D eigenvalue weighted by molar-refractivity contribution is 9.10. The summed E-state index contributed by atoms with van der Waals surface area (Å²) in [4.78, 5) is 18.1. The van der Waals surface area contributed by atoms with Gasteiger partial charge in [-0.1, -0.05) is 0 Å². The zero-order valence-electron chi connectivity index (χ0n) is 15.9. The number of halogens is 1. The Morgan fingerprint density at radius 2 is 2.08 bits per heavy atom. The molecule has 1 fully saturated rings. The molecule has 0 radical (unpaired) electrons. The molecule has 1 aliphatic rings. The third kappa shape index (κ3) is 5.98. The Morgan fingerprint density at radius 1 is 1.31 bits per heavy atom. The molecule has 0 atom stereocenters. The SMILES string of the molecule is CCNC(=NCCCOCC)N1CCN(c2ncc(Br)c(OC)n2)CC1. The summed E-state index contributed by atoms with van der Waals surface area (Å²) in [5.74, 6) is 2.22. The van der Waals surface area contributed by atoms with E-state index in [4.69, 9.17) is 14.5 Å².